The van der Waals surface area contributed by atoms with Gasteiger partial charge < -0.3 is 15.1 Å². The van der Waals surface area contributed by atoms with Crippen molar-refractivity contribution in [3.05, 3.63) is 46.0 Å². The molecule has 2 heterocycles. The second-order valence-corrected chi connectivity index (χ2v) is 5.40. The molecule has 0 unspecified atom stereocenters. The molecular formula is C13H14BrN3OS. The molecule has 0 saturated heterocycles. The number of thiocarbonyl (C=S) groups is 1. The molecule has 2 N–H and O–H groups in total. The number of aryl methyl sites for hydroxylation is 2. The van der Waals surface area contributed by atoms with Gasteiger partial charge in [-0.3, -0.25) is 0 Å². The van der Waals surface area contributed by atoms with Gasteiger partial charge in [0.05, 0.1) is 6.54 Å². The lowest BCUT2D eigenvalue weighted by atomic mass is 10.3. The number of aromatic nitrogens is 1. The predicted octanol–water partition coefficient (Wildman–Crippen LogP) is 3.54. The van der Waals surface area contributed by atoms with Gasteiger partial charge in [-0.1, -0.05) is 0 Å². The Labute approximate surface area is 125 Å². The van der Waals surface area contributed by atoms with Crippen LogP contribution in [0, 0.1) is 13.8 Å². The van der Waals surface area contributed by atoms with Gasteiger partial charge in [0.15, 0.2) is 5.11 Å². The molecule has 19 heavy (non-hydrogen) atoms. The first kappa shape index (κ1) is 14.0. The monoisotopic (exact) mass is 339 g/mol. The zero-order chi connectivity index (χ0) is 13.8. The molecule has 0 fully saturated rings. The van der Waals surface area contributed by atoms with Gasteiger partial charge in [0.2, 0.25) is 0 Å². The Balaban J connectivity index is 1.88. The highest BCUT2D eigenvalue weighted by atomic mass is 79.9. The molecule has 0 aliphatic carbocycles. The van der Waals surface area contributed by atoms with E-state index in [4.69, 9.17) is 16.6 Å². The smallest absolute Gasteiger partial charge is 0.172 e. The molecule has 6 heteroatoms. The van der Waals surface area contributed by atoms with Crippen molar-refractivity contribution >= 4 is 39.1 Å². The van der Waals surface area contributed by atoms with Crippen LogP contribution in [0.3, 0.4) is 0 Å². The van der Waals surface area contributed by atoms with Crippen LogP contribution in [0.5, 0.6) is 0 Å². The maximum Gasteiger partial charge on any atom is 0.172 e. The van der Waals surface area contributed by atoms with Crippen molar-refractivity contribution < 1.29 is 4.42 Å². The first-order valence-electron chi connectivity index (χ1n) is 5.77. The lowest BCUT2D eigenvalue weighted by Gasteiger charge is -2.09. The van der Waals surface area contributed by atoms with Gasteiger partial charge in [-0.2, -0.15) is 0 Å². The van der Waals surface area contributed by atoms with Crippen molar-refractivity contribution in [2.24, 2.45) is 0 Å². The van der Waals surface area contributed by atoms with Crippen molar-refractivity contribution in [3.8, 4) is 0 Å². The van der Waals surface area contributed by atoms with Gasteiger partial charge in [0.1, 0.15) is 17.3 Å². The number of furan rings is 1. The first-order chi connectivity index (χ1) is 9.04. The van der Waals surface area contributed by atoms with E-state index in [1.54, 1.807) is 6.20 Å². The zero-order valence-electron chi connectivity index (χ0n) is 10.7. The quantitative estimate of drug-likeness (QED) is 0.837. The molecule has 0 radical (unpaired) electrons. The van der Waals surface area contributed by atoms with Gasteiger partial charge >= 0.3 is 0 Å². The Kier molecular flexibility index (Phi) is 4.55. The van der Waals surface area contributed by atoms with Crippen molar-refractivity contribution in [1.82, 2.24) is 10.3 Å². The number of nitrogens with zero attached hydrogens (tertiary/aromatic N) is 1. The van der Waals surface area contributed by atoms with Gasteiger partial charge in [0, 0.05) is 10.7 Å². The number of halogens is 1. The fourth-order valence-electron chi connectivity index (χ4n) is 1.52. The second kappa shape index (κ2) is 6.16. The van der Waals surface area contributed by atoms with E-state index in [2.05, 4.69) is 31.5 Å². The Hall–Kier alpha value is -1.40. The third-order valence-electron chi connectivity index (χ3n) is 2.51. The second-order valence-electron chi connectivity index (χ2n) is 4.14. The Morgan fingerprint density at radius 3 is 2.84 bits per heavy atom. The summed E-state index contributed by atoms with van der Waals surface area (Å²) in [4.78, 5) is 4.23. The van der Waals surface area contributed by atoms with E-state index in [1.165, 1.54) is 0 Å². The maximum absolute atomic E-state index is 5.45. The molecule has 0 aliphatic heterocycles. The topological polar surface area (TPSA) is 50.1 Å². The molecule has 2 aromatic rings. The van der Waals surface area contributed by atoms with Crippen molar-refractivity contribution in [2.75, 3.05) is 5.32 Å². The van der Waals surface area contributed by atoms with Crippen molar-refractivity contribution in [3.63, 3.8) is 0 Å². The molecule has 0 aromatic carbocycles. The predicted molar refractivity (Wildman–Crippen MR) is 83.2 cm³/mol. The van der Waals surface area contributed by atoms with E-state index < -0.39 is 0 Å². The zero-order valence-corrected chi connectivity index (χ0v) is 13.1. The highest BCUT2D eigenvalue weighted by molar-refractivity contribution is 9.10. The number of nitrogens with one attached hydrogen (secondary N) is 2. The molecular weight excluding hydrogens is 326 g/mol. The third kappa shape index (κ3) is 4.04. The molecule has 0 saturated carbocycles. The summed E-state index contributed by atoms with van der Waals surface area (Å²) < 4.78 is 6.42. The average Bonchev–Trinajstić information content (AvgIpc) is 2.77. The van der Waals surface area contributed by atoms with E-state index in [1.807, 2.05) is 32.0 Å². The number of anilines is 1. The van der Waals surface area contributed by atoms with Crippen LogP contribution < -0.4 is 10.6 Å². The number of pyridine rings is 1. The fourth-order valence-corrected chi connectivity index (χ4v) is 1.91. The highest BCUT2D eigenvalue weighted by Crippen LogP contribution is 2.17. The number of rotatable bonds is 3. The highest BCUT2D eigenvalue weighted by Gasteiger charge is 2.03. The van der Waals surface area contributed by atoms with Crippen molar-refractivity contribution in [1.29, 1.82) is 0 Å². The standard InChI is InChI=1S/C13H14BrN3OS/c1-8-5-12(15-7-11(8)14)17-13(19)16-6-10-4-3-9(2)18-10/h3-5,7H,6H2,1-2H3,(H2,15,16,17,19). The SMILES string of the molecule is Cc1ccc(CNC(=S)Nc2cc(C)c(Br)cn2)o1. The van der Waals surface area contributed by atoms with Crippen molar-refractivity contribution in [2.45, 2.75) is 20.4 Å². The van der Waals surface area contributed by atoms with E-state index in [0.29, 0.717) is 17.5 Å². The van der Waals surface area contributed by atoms with Gasteiger partial charge in [-0.05, 0) is 65.8 Å². The molecule has 4 nitrogen and oxygen atoms in total. The molecule has 0 atom stereocenters. The van der Waals surface area contributed by atoms with E-state index in [9.17, 15) is 0 Å². The first-order valence-corrected chi connectivity index (χ1v) is 6.97. The minimum atomic E-state index is 0.517. The van der Waals surface area contributed by atoms with Crippen LogP contribution in [0.4, 0.5) is 5.82 Å². The minimum Gasteiger partial charge on any atom is -0.465 e. The van der Waals surface area contributed by atoms with Crippen LogP contribution in [0.15, 0.2) is 33.3 Å². The average molecular weight is 340 g/mol. The van der Waals surface area contributed by atoms with E-state index in [0.717, 1.165) is 21.6 Å². The largest absolute Gasteiger partial charge is 0.465 e. The number of hydrogen-bond donors (Lipinski definition) is 2. The normalized spacial score (nSPS) is 10.3. The van der Waals surface area contributed by atoms with Gasteiger partial charge in [-0.25, -0.2) is 4.98 Å². The molecule has 0 bridgehead atoms. The summed E-state index contributed by atoms with van der Waals surface area (Å²) in [5.74, 6) is 2.45. The third-order valence-corrected chi connectivity index (χ3v) is 3.58. The van der Waals surface area contributed by atoms with Gasteiger partial charge in [0.25, 0.3) is 0 Å². The Morgan fingerprint density at radius 2 is 2.21 bits per heavy atom. The lowest BCUT2D eigenvalue weighted by molar-refractivity contribution is 0.478. The number of hydrogen-bond acceptors (Lipinski definition) is 3. The molecule has 0 spiro atoms. The van der Waals surface area contributed by atoms with Crippen LogP contribution in [0.2, 0.25) is 0 Å². The lowest BCUT2D eigenvalue weighted by Crippen LogP contribution is -2.28. The van der Waals surface area contributed by atoms with Crippen LogP contribution in [-0.2, 0) is 6.54 Å². The summed E-state index contributed by atoms with van der Waals surface area (Å²) in [5, 5.41) is 6.62. The van der Waals surface area contributed by atoms with E-state index >= 15 is 0 Å². The summed E-state index contributed by atoms with van der Waals surface area (Å²) in [6.07, 6.45) is 1.75. The molecule has 100 valence electrons. The maximum atomic E-state index is 5.45. The Morgan fingerprint density at radius 1 is 1.42 bits per heavy atom. The van der Waals surface area contributed by atoms with Crippen LogP contribution in [0.25, 0.3) is 0 Å². The summed E-state index contributed by atoms with van der Waals surface area (Å²) in [6, 6.07) is 5.77. The molecule has 2 aromatic heterocycles. The summed E-state index contributed by atoms with van der Waals surface area (Å²) in [6.45, 7) is 4.46. The Bertz CT molecular complexity index is 597. The van der Waals surface area contributed by atoms with Crippen LogP contribution >= 0.6 is 28.1 Å². The summed E-state index contributed by atoms with van der Waals surface area (Å²) in [5.41, 5.74) is 1.10. The molecule has 0 aliphatic rings. The molecule has 0 amide bonds. The van der Waals surface area contributed by atoms with Crippen LogP contribution in [0.1, 0.15) is 17.1 Å². The summed E-state index contributed by atoms with van der Waals surface area (Å²) in [7, 11) is 0. The molecule has 2 rings (SSSR count). The van der Waals surface area contributed by atoms with E-state index in [-0.39, 0.29) is 0 Å². The summed E-state index contributed by atoms with van der Waals surface area (Å²) >= 11 is 8.61. The minimum absolute atomic E-state index is 0.517. The van der Waals surface area contributed by atoms with Crippen LogP contribution in [-0.4, -0.2) is 10.1 Å². The fraction of sp³-hybridized carbons (Fsp3) is 0.231. The van der Waals surface area contributed by atoms with Gasteiger partial charge in [-0.15, -0.1) is 0 Å².